The Bertz CT molecular complexity index is 1170. The maximum absolute atomic E-state index is 12.7. The van der Waals surface area contributed by atoms with Crippen LogP contribution in [0.15, 0.2) is 79.1 Å². The predicted molar refractivity (Wildman–Crippen MR) is 115 cm³/mol. The molecule has 0 unspecified atom stereocenters. The van der Waals surface area contributed by atoms with Gasteiger partial charge in [-0.05, 0) is 70.1 Å². The Balaban J connectivity index is 1.31. The first kappa shape index (κ1) is 17.7. The smallest absolute Gasteiger partial charge is 0.410 e. The molecule has 4 heteroatoms. The Morgan fingerprint density at radius 1 is 0.862 bits per heavy atom. The van der Waals surface area contributed by atoms with Crippen molar-refractivity contribution in [2.45, 2.75) is 18.8 Å². The lowest BCUT2D eigenvalue weighted by Gasteiger charge is -2.31. The lowest BCUT2D eigenvalue weighted by molar-refractivity contribution is 0.139. The van der Waals surface area contributed by atoms with Crippen molar-refractivity contribution < 1.29 is 9.53 Å². The molecule has 4 aromatic rings. The van der Waals surface area contributed by atoms with E-state index in [1.54, 1.807) is 0 Å². The molecular formula is C25H22N2O2. The molecule has 0 saturated carbocycles. The molecule has 2 heterocycles. The van der Waals surface area contributed by atoms with E-state index in [2.05, 4.69) is 41.4 Å². The summed E-state index contributed by atoms with van der Waals surface area (Å²) in [6, 6.07) is 22.5. The van der Waals surface area contributed by atoms with Crippen LogP contribution in [0.4, 0.5) is 4.79 Å². The molecule has 0 aliphatic carbocycles. The fourth-order valence-electron chi connectivity index (χ4n) is 4.24. The van der Waals surface area contributed by atoms with Crippen molar-refractivity contribution in [2.75, 3.05) is 13.1 Å². The Morgan fingerprint density at radius 2 is 1.55 bits per heavy atom. The van der Waals surface area contributed by atoms with Crippen molar-refractivity contribution in [3.8, 4) is 5.75 Å². The molecule has 4 nitrogen and oxygen atoms in total. The highest BCUT2D eigenvalue weighted by molar-refractivity contribution is 6.07. The molecule has 0 N–H and O–H groups in total. The first-order chi connectivity index (χ1) is 14.3. The van der Waals surface area contributed by atoms with E-state index in [0.717, 1.165) is 23.6 Å². The molecule has 1 fully saturated rings. The van der Waals surface area contributed by atoms with Crippen molar-refractivity contribution in [3.05, 3.63) is 84.7 Å². The summed E-state index contributed by atoms with van der Waals surface area (Å²) in [5, 5.41) is 4.59. The summed E-state index contributed by atoms with van der Waals surface area (Å²) in [7, 11) is 0. The molecule has 1 aliphatic heterocycles. The molecular weight excluding hydrogens is 360 g/mol. The third kappa shape index (κ3) is 3.54. The standard InChI is InChI=1S/C25H22N2O2/c28-25(27-15-11-19(12-16-27)18-9-13-26-14-10-18)29-22-8-7-21-6-5-20-3-1-2-4-23(20)24(21)17-22/h1-10,13-14,17,19H,11-12,15-16H2. The highest BCUT2D eigenvalue weighted by Gasteiger charge is 2.25. The van der Waals surface area contributed by atoms with E-state index in [-0.39, 0.29) is 6.09 Å². The number of pyridine rings is 1. The monoisotopic (exact) mass is 382 g/mol. The summed E-state index contributed by atoms with van der Waals surface area (Å²) >= 11 is 0. The zero-order valence-corrected chi connectivity index (χ0v) is 16.1. The highest BCUT2D eigenvalue weighted by Crippen LogP contribution is 2.30. The van der Waals surface area contributed by atoms with Crippen LogP contribution in [0.1, 0.15) is 24.3 Å². The van der Waals surface area contributed by atoms with E-state index in [1.807, 2.05) is 47.6 Å². The van der Waals surface area contributed by atoms with E-state index >= 15 is 0 Å². The van der Waals surface area contributed by atoms with Crippen molar-refractivity contribution in [2.24, 2.45) is 0 Å². The zero-order chi connectivity index (χ0) is 19.6. The predicted octanol–water partition coefficient (Wildman–Crippen LogP) is 5.77. The van der Waals surface area contributed by atoms with Crippen molar-refractivity contribution in [1.82, 2.24) is 9.88 Å². The van der Waals surface area contributed by atoms with Gasteiger partial charge in [-0.25, -0.2) is 4.79 Å². The van der Waals surface area contributed by atoms with Gasteiger partial charge in [0.15, 0.2) is 0 Å². The maximum Gasteiger partial charge on any atom is 0.415 e. The summed E-state index contributed by atoms with van der Waals surface area (Å²) in [5.41, 5.74) is 1.30. The molecule has 1 aliphatic rings. The number of ether oxygens (including phenoxy) is 1. The molecule has 5 rings (SSSR count). The number of carbonyl (C=O) groups excluding carboxylic acids is 1. The molecule has 0 atom stereocenters. The Hall–Kier alpha value is -3.40. The van der Waals surface area contributed by atoms with Crippen LogP contribution in [0.2, 0.25) is 0 Å². The van der Waals surface area contributed by atoms with Gasteiger partial charge in [0, 0.05) is 25.5 Å². The lowest BCUT2D eigenvalue weighted by Crippen LogP contribution is -2.39. The quantitative estimate of drug-likeness (QED) is 0.414. The summed E-state index contributed by atoms with van der Waals surface area (Å²) < 4.78 is 5.73. The van der Waals surface area contributed by atoms with Gasteiger partial charge in [0.1, 0.15) is 5.75 Å². The molecule has 0 bridgehead atoms. The molecule has 29 heavy (non-hydrogen) atoms. The Morgan fingerprint density at radius 3 is 2.34 bits per heavy atom. The summed E-state index contributed by atoms with van der Waals surface area (Å²) in [4.78, 5) is 18.6. The number of likely N-dealkylation sites (tertiary alicyclic amines) is 1. The Kier molecular flexibility index (Phi) is 4.60. The van der Waals surface area contributed by atoms with Crippen molar-refractivity contribution in [3.63, 3.8) is 0 Å². The second kappa shape index (κ2) is 7.55. The number of fused-ring (bicyclic) bond motifs is 3. The van der Waals surface area contributed by atoms with Crippen LogP contribution in [0.5, 0.6) is 5.75 Å². The van der Waals surface area contributed by atoms with Gasteiger partial charge in [0.2, 0.25) is 0 Å². The molecule has 1 amide bonds. The average molecular weight is 382 g/mol. The van der Waals surface area contributed by atoms with Crippen LogP contribution in [-0.2, 0) is 0 Å². The number of benzene rings is 3. The first-order valence-corrected chi connectivity index (χ1v) is 10.1. The normalized spacial score (nSPS) is 15.0. The molecule has 1 aromatic heterocycles. The number of piperidine rings is 1. The van der Waals surface area contributed by atoms with Gasteiger partial charge in [0.25, 0.3) is 0 Å². The van der Waals surface area contributed by atoms with Crippen LogP contribution in [0.25, 0.3) is 21.5 Å². The van der Waals surface area contributed by atoms with Gasteiger partial charge in [-0.15, -0.1) is 0 Å². The van der Waals surface area contributed by atoms with Crippen molar-refractivity contribution in [1.29, 1.82) is 0 Å². The Labute approximate surface area is 169 Å². The average Bonchev–Trinajstić information content (AvgIpc) is 2.79. The highest BCUT2D eigenvalue weighted by atomic mass is 16.6. The van der Waals surface area contributed by atoms with E-state index in [0.29, 0.717) is 24.8 Å². The number of hydrogen-bond donors (Lipinski definition) is 0. The molecule has 0 radical (unpaired) electrons. The molecule has 144 valence electrons. The zero-order valence-electron chi connectivity index (χ0n) is 16.1. The van der Waals surface area contributed by atoms with Gasteiger partial charge >= 0.3 is 6.09 Å². The van der Waals surface area contributed by atoms with Crippen LogP contribution in [0, 0.1) is 0 Å². The molecule has 1 saturated heterocycles. The number of amides is 1. The second-order valence-electron chi connectivity index (χ2n) is 7.58. The van der Waals surface area contributed by atoms with Gasteiger partial charge in [-0.3, -0.25) is 4.98 Å². The van der Waals surface area contributed by atoms with Gasteiger partial charge in [0.05, 0.1) is 0 Å². The number of aromatic nitrogens is 1. The summed E-state index contributed by atoms with van der Waals surface area (Å²) in [6.07, 6.45) is 5.29. The van der Waals surface area contributed by atoms with Gasteiger partial charge < -0.3 is 9.64 Å². The van der Waals surface area contributed by atoms with E-state index in [9.17, 15) is 4.79 Å². The van der Waals surface area contributed by atoms with Crippen LogP contribution >= 0.6 is 0 Å². The number of hydrogen-bond acceptors (Lipinski definition) is 3. The minimum Gasteiger partial charge on any atom is -0.410 e. The third-order valence-electron chi connectivity index (χ3n) is 5.85. The number of carbonyl (C=O) groups is 1. The maximum atomic E-state index is 12.7. The largest absolute Gasteiger partial charge is 0.415 e. The topological polar surface area (TPSA) is 42.4 Å². The van der Waals surface area contributed by atoms with Crippen molar-refractivity contribution >= 4 is 27.6 Å². The summed E-state index contributed by atoms with van der Waals surface area (Å²) in [6.45, 7) is 1.42. The van der Waals surface area contributed by atoms with Gasteiger partial charge in [-0.1, -0.05) is 42.5 Å². The van der Waals surface area contributed by atoms with E-state index < -0.39 is 0 Å². The number of rotatable bonds is 2. The third-order valence-corrected chi connectivity index (χ3v) is 5.85. The van der Waals surface area contributed by atoms with Crippen LogP contribution in [-0.4, -0.2) is 29.1 Å². The second-order valence-corrected chi connectivity index (χ2v) is 7.58. The van der Waals surface area contributed by atoms with Gasteiger partial charge in [-0.2, -0.15) is 0 Å². The SMILES string of the molecule is O=C(Oc1ccc2ccc3ccccc3c2c1)N1CCC(c2ccncc2)CC1. The minimum absolute atomic E-state index is 0.266. The molecule has 0 spiro atoms. The summed E-state index contributed by atoms with van der Waals surface area (Å²) in [5.74, 6) is 1.07. The molecule has 3 aromatic carbocycles. The van der Waals surface area contributed by atoms with Crippen LogP contribution in [0.3, 0.4) is 0 Å². The van der Waals surface area contributed by atoms with E-state index in [1.165, 1.54) is 16.3 Å². The van der Waals surface area contributed by atoms with E-state index in [4.69, 9.17) is 4.74 Å². The fraction of sp³-hybridized carbons (Fsp3) is 0.200. The first-order valence-electron chi connectivity index (χ1n) is 10.1. The van der Waals surface area contributed by atoms with Crippen LogP contribution < -0.4 is 4.74 Å². The fourth-order valence-corrected chi connectivity index (χ4v) is 4.24. The minimum atomic E-state index is -0.266. The number of nitrogens with zero attached hydrogens (tertiary/aromatic N) is 2. The lowest BCUT2D eigenvalue weighted by atomic mass is 9.90.